The maximum Gasteiger partial charge on any atom is 0.0158 e. The molecular weight excluding hydrogens is 408 g/mol. The highest BCUT2D eigenvalue weighted by atomic mass is 32.2. The van der Waals surface area contributed by atoms with E-state index in [0.717, 1.165) is 58.5 Å². The van der Waals surface area contributed by atoms with E-state index < -0.39 is 0 Å². The summed E-state index contributed by atoms with van der Waals surface area (Å²) < 4.78 is 0. The summed E-state index contributed by atoms with van der Waals surface area (Å²) in [5.74, 6) is 0. The molecule has 2 aromatic rings. The summed E-state index contributed by atoms with van der Waals surface area (Å²) in [7, 11) is 0. The Morgan fingerprint density at radius 2 is 1.12 bits per heavy atom. The Labute approximate surface area is 200 Å². The molecular formula is C29H40N2S. The van der Waals surface area contributed by atoms with Crippen LogP contribution < -0.4 is 0 Å². The van der Waals surface area contributed by atoms with Crippen LogP contribution in [0.5, 0.6) is 0 Å². The molecule has 0 amide bonds. The fourth-order valence-electron chi connectivity index (χ4n) is 4.24. The molecule has 0 saturated carbocycles. The van der Waals surface area contributed by atoms with Crippen molar-refractivity contribution in [2.24, 2.45) is 0 Å². The van der Waals surface area contributed by atoms with Crippen molar-refractivity contribution in [2.45, 2.75) is 56.7 Å². The Morgan fingerprint density at radius 1 is 0.688 bits per heavy atom. The van der Waals surface area contributed by atoms with E-state index >= 15 is 0 Å². The second-order valence-corrected chi connectivity index (χ2v) is 9.53. The first-order chi connectivity index (χ1) is 15.7. The van der Waals surface area contributed by atoms with Gasteiger partial charge < -0.3 is 9.80 Å². The van der Waals surface area contributed by atoms with Crippen LogP contribution in [0.1, 0.15) is 62.8 Å². The minimum absolute atomic E-state index is 1.03. The molecule has 0 fully saturated rings. The number of benzene rings is 2. The largest absolute Gasteiger partial charge is 0.304 e. The summed E-state index contributed by atoms with van der Waals surface area (Å²) >= 11 is 1.91. The zero-order chi connectivity index (χ0) is 22.8. The number of hydrogen-bond donors (Lipinski definition) is 0. The molecule has 0 spiro atoms. The minimum atomic E-state index is 1.03. The molecule has 0 atom stereocenters. The molecule has 172 valence electrons. The second kappa shape index (κ2) is 13.0. The molecule has 2 aromatic carbocycles. The van der Waals surface area contributed by atoms with Crippen LogP contribution in [-0.4, -0.2) is 49.1 Å². The second-order valence-electron chi connectivity index (χ2n) is 8.45. The van der Waals surface area contributed by atoms with E-state index in [1.165, 1.54) is 32.0 Å². The standard InChI is InChI=1S/C29H40N2S/c1-5-30(6-2)19-11-9-13-24-15-17-28-26(21-24)23-27-22-25(16-18-29(27)32-28)14-10-12-20-31(7-3)8-4/h9-10,13-18,21-22H,5-8,11-12,19-20,23H2,1-4H3. The lowest BCUT2D eigenvalue weighted by atomic mass is 9.99. The van der Waals surface area contributed by atoms with Gasteiger partial charge in [-0.1, -0.05) is 88.0 Å². The van der Waals surface area contributed by atoms with E-state index in [2.05, 4.69) is 98.2 Å². The van der Waals surface area contributed by atoms with Gasteiger partial charge in [0.05, 0.1) is 0 Å². The molecule has 0 N–H and O–H groups in total. The van der Waals surface area contributed by atoms with Gasteiger partial charge in [0.2, 0.25) is 0 Å². The highest BCUT2D eigenvalue weighted by Gasteiger charge is 2.16. The maximum absolute atomic E-state index is 2.47. The third-order valence-electron chi connectivity index (χ3n) is 6.40. The van der Waals surface area contributed by atoms with Gasteiger partial charge in [-0.3, -0.25) is 0 Å². The molecule has 3 heteroatoms. The van der Waals surface area contributed by atoms with E-state index in [-0.39, 0.29) is 0 Å². The summed E-state index contributed by atoms with van der Waals surface area (Å²) in [5.41, 5.74) is 5.55. The van der Waals surface area contributed by atoms with Gasteiger partial charge in [-0.05, 0) is 79.8 Å². The monoisotopic (exact) mass is 448 g/mol. The molecule has 0 radical (unpaired) electrons. The van der Waals surface area contributed by atoms with Crippen molar-refractivity contribution in [3.63, 3.8) is 0 Å². The SMILES string of the molecule is CCN(CC)CCC=Cc1ccc2c(c1)Cc1cc(C=CCCN(CC)CC)ccc1S2. The lowest BCUT2D eigenvalue weighted by molar-refractivity contribution is 0.310. The van der Waals surface area contributed by atoms with Crippen molar-refractivity contribution >= 4 is 23.9 Å². The Morgan fingerprint density at radius 3 is 1.53 bits per heavy atom. The topological polar surface area (TPSA) is 6.48 Å². The average Bonchev–Trinajstić information content (AvgIpc) is 2.83. The lowest BCUT2D eigenvalue weighted by Gasteiger charge is -2.20. The van der Waals surface area contributed by atoms with Crippen LogP contribution in [0, 0.1) is 0 Å². The zero-order valence-corrected chi connectivity index (χ0v) is 21.3. The zero-order valence-electron chi connectivity index (χ0n) is 20.4. The first-order valence-electron chi connectivity index (χ1n) is 12.4. The van der Waals surface area contributed by atoms with Crippen LogP contribution in [0.2, 0.25) is 0 Å². The summed E-state index contributed by atoms with van der Waals surface area (Å²) in [6.07, 6.45) is 12.5. The third-order valence-corrected chi connectivity index (χ3v) is 7.64. The molecule has 2 nitrogen and oxygen atoms in total. The summed E-state index contributed by atoms with van der Waals surface area (Å²) in [6, 6.07) is 13.9. The fourth-order valence-corrected chi connectivity index (χ4v) is 5.27. The van der Waals surface area contributed by atoms with Gasteiger partial charge in [-0.15, -0.1) is 0 Å². The summed E-state index contributed by atoms with van der Waals surface area (Å²) in [5, 5.41) is 0. The van der Waals surface area contributed by atoms with Gasteiger partial charge in [0.25, 0.3) is 0 Å². The minimum Gasteiger partial charge on any atom is -0.304 e. The number of nitrogens with zero attached hydrogens (tertiary/aromatic N) is 2. The molecule has 0 bridgehead atoms. The highest BCUT2D eigenvalue weighted by Crippen LogP contribution is 2.40. The Balaban J connectivity index is 1.61. The molecule has 0 unspecified atom stereocenters. The maximum atomic E-state index is 2.47. The molecule has 3 rings (SSSR count). The number of fused-ring (bicyclic) bond motifs is 2. The van der Waals surface area contributed by atoms with Crippen LogP contribution in [-0.2, 0) is 6.42 Å². The smallest absolute Gasteiger partial charge is 0.0158 e. The van der Waals surface area contributed by atoms with E-state index in [4.69, 9.17) is 0 Å². The third kappa shape index (κ3) is 7.10. The molecule has 1 aliphatic rings. The molecule has 0 aliphatic carbocycles. The molecule has 1 heterocycles. The van der Waals surface area contributed by atoms with Crippen LogP contribution in [0.15, 0.2) is 58.3 Å². The van der Waals surface area contributed by atoms with Crippen molar-refractivity contribution < 1.29 is 0 Å². The van der Waals surface area contributed by atoms with E-state index in [1.807, 2.05) is 11.8 Å². The van der Waals surface area contributed by atoms with Gasteiger partial charge in [0, 0.05) is 22.9 Å². The van der Waals surface area contributed by atoms with Crippen LogP contribution in [0.4, 0.5) is 0 Å². The van der Waals surface area contributed by atoms with Crippen molar-refractivity contribution in [3.8, 4) is 0 Å². The predicted molar refractivity (Wildman–Crippen MR) is 143 cm³/mol. The Hall–Kier alpha value is -1.81. The number of hydrogen-bond acceptors (Lipinski definition) is 3. The first kappa shape index (κ1) is 24.8. The van der Waals surface area contributed by atoms with Crippen LogP contribution >= 0.6 is 11.8 Å². The summed E-state index contributed by atoms with van der Waals surface area (Å²) in [6.45, 7) is 15.8. The summed E-state index contributed by atoms with van der Waals surface area (Å²) in [4.78, 5) is 7.75. The quantitative estimate of drug-likeness (QED) is 0.288. The Bertz CT molecular complexity index is 834. The van der Waals surface area contributed by atoms with Gasteiger partial charge >= 0.3 is 0 Å². The van der Waals surface area contributed by atoms with Crippen molar-refractivity contribution in [1.29, 1.82) is 0 Å². The fraction of sp³-hybridized carbons (Fsp3) is 0.448. The average molecular weight is 449 g/mol. The predicted octanol–water partition coefficient (Wildman–Crippen LogP) is 7.23. The molecule has 1 aliphatic heterocycles. The normalized spacial score (nSPS) is 13.4. The van der Waals surface area contributed by atoms with Crippen LogP contribution in [0.25, 0.3) is 12.2 Å². The molecule has 0 saturated heterocycles. The molecule has 0 aromatic heterocycles. The van der Waals surface area contributed by atoms with E-state index in [0.29, 0.717) is 0 Å². The van der Waals surface area contributed by atoms with Crippen molar-refractivity contribution in [2.75, 3.05) is 39.3 Å². The molecule has 32 heavy (non-hydrogen) atoms. The Kier molecular flexibility index (Phi) is 10.1. The van der Waals surface area contributed by atoms with Gasteiger partial charge in [-0.25, -0.2) is 0 Å². The van der Waals surface area contributed by atoms with Gasteiger partial charge in [-0.2, -0.15) is 0 Å². The first-order valence-corrected chi connectivity index (χ1v) is 13.2. The van der Waals surface area contributed by atoms with E-state index in [1.54, 1.807) is 0 Å². The van der Waals surface area contributed by atoms with E-state index in [9.17, 15) is 0 Å². The van der Waals surface area contributed by atoms with Crippen molar-refractivity contribution in [1.82, 2.24) is 9.80 Å². The lowest BCUT2D eigenvalue weighted by Crippen LogP contribution is -2.23. The highest BCUT2D eigenvalue weighted by molar-refractivity contribution is 7.99. The van der Waals surface area contributed by atoms with Crippen molar-refractivity contribution in [3.05, 3.63) is 70.8 Å². The van der Waals surface area contributed by atoms with Gasteiger partial charge in [0.15, 0.2) is 0 Å². The number of rotatable bonds is 12. The van der Waals surface area contributed by atoms with Crippen LogP contribution in [0.3, 0.4) is 0 Å². The van der Waals surface area contributed by atoms with Gasteiger partial charge in [0.1, 0.15) is 0 Å².